The lowest BCUT2D eigenvalue weighted by molar-refractivity contribution is -0.199. The highest BCUT2D eigenvalue weighted by atomic mass is 35.5. The predicted molar refractivity (Wildman–Crippen MR) is 153 cm³/mol. The molecule has 17 nitrogen and oxygen atoms in total. The van der Waals surface area contributed by atoms with Gasteiger partial charge in [0.15, 0.2) is 34.7 Å². The zero-order valence-corrected chi connectivity index (χ0v) is 25.2. The van der Waals surface area contributed by atoms with Crippen molar-refractivity contribution in [3.63, 3.8) is 0 Å². The number of nitrogens with zero attached hydrogens (tertiary/aromatic N) is 7. The van der Waals surface area contributed by atoms with Crippen LogP contribution in [0.25, 0.3) is 22.3 Å². The maximum Gasteiger partial charge on any atom is 0.378 e. The van der Waals surface area contributed by atoms with E-state index in [0.717, 1.165) is 11.8 Å². The summed E-state index contributed by atoms with van der Waals surface area (Å²) in [6.45, 7) is 3.36. The predicted octanol–water partition coefficient (Wildman–Crippen LogP) is 0.598. The second-order valence-electron chi connectivity index (χ2n) is 8.87. The Kier molecular flexibility index (Phi) is 8.90. The molecule has 0 spiro atoms. The van der Waals surface area contributed by atoms with Gasteiger partial charge in [-0.2, -0.15) is 15.0 Å². The molecular formula is C19H23ClN10O7P2S2. The van der Waals surface area contributed by atoms with Crippen molar-refractivity contribution in [3.8, 4) is 0 Å². The Labute approximate surface area is 245 Å². The van der Waals surface area contributed by atoms with E-state index in [1.807, 2.05) is 4.57 Å². The van der Waals surface area contributed by atoms with Crippen molar-refractivity contribution in [2.45, 2.75) is 33.9 Å². The summed E-state index contributed by atoms with van der Waals surface area (Å²) < 4.78 is 36.4. The van der Waals surface area contributed by atoms with Crippen LogP contribution < -0.4 is 21.9 Å². The number of rotatable bonds is 6. The van der Waals surface area contributed by atoms with Gasteiger partial charge in [-0.15, -0.1) is 11.8 Å². The van der Waals surface area contributed by atoms with Crippen molar-refractivity contribution in [1.29, 1.82) is 0 Å². The van der Waals surface area contributed by atoms with Crippen molar-refractivity contribution in [2.24, 2.45) is 0 Å². The summed E-state index contributed by atoms with van der Waals surface area (Å²) in [5.41, 5.74) is 12.3. The van der Waals surface area contributed by atoms with Crippen LogP contribution in [0.2, 0.25) is 5.15 Å². The number of nitrogens with two attached hydrogens (primary N) is 2. The average molecular weight is 665 g/mol. The molecule has 0 aromatic carbocycles. The normalized spacial score (nSPS) is 24.3. The molecule has 6 rings (SSSR count). The van der Waals surface area contributed by atoms with E-state index in [-0.39, 0.29) is 44.9 Å². The number of hydrogen-bond acceptors (Lipinski definition) is 15. The first-order chi connectivity index (χ1) is 19.4. The first-order valence-corrected chi connectivity index (χ1v) is 17.4. The molecule has 6 N–H and O–H groups in total. The zero-order chi connectivity index (χ0) is 29.5. The summed E-state index contributed by atoms with van der Waals surface area (Å²) >= 11 is 8.54. The fraction of sp³-hybridized carbons (Fsp3) is 0.474. The molecule has 0 bridgehead atoms. The van der Waals surface area contributed by atoms with Crippen LogP contribution in [0.15, 0.2) is 17.4 Å². The van der Waals surface area contributed by atoms with Gasteiger partial charge in [-0.05, 0) is 0 Å². The van der Waals surface area contributed by atoms with Gasteiger partial charge < -0.3 is 44.4 Å². The van der Waals surface area contributed by atoms with E-state index < -0.39 is 26.1 Å². The fourth-order valence-electron chi connectivity index (χ4n) is 4.02. The summed E-state index contributed by atoms with van der Waals surface area (Å²) in [5.74, 6) is 0.0935. The van der Waals surface area contributed by atoms with Crippen LogP contribution in [0, 0.1) is 0 Å². The number of halogens is 1. The highest BCUT2D eigenvalue weighted by Gasteiger charge is 2.37. The number of fused-ring (bicyclic) bond motifs is 2. The van der Waals surface area contributed by atoms with Crippen molar-refractivity contribution < 1.29 is 28.4 Å². The molecular weight excluding hydrogens is 642 g/mol. The minimum absolute atomic E-state index is 0.0260. The van der Waals surface area contributed by atoms with Crippen LogP contribution in [0.1, 0.15) is 0 Å². The van der Waals surface area contributed by atoms with E-state index in [1.165, 1.54) is 6.33 Å². The van der Waals surface area contributed by atoms with Gasteiger partial charge in [0, 0.05) is 18.3 Å². The molecule has 0 aliphatic carbocycles. The molecule has 2 saturated heterocycles. The largest absolute Gasteiger partial charge is 0.776 e. The Balaban J connectivity index is 0.000000165. The number of imidazole rings is 2. The standard InChI is InChI=1S/C10H12ClN5O2PS.C9H12N5O5PS/c1-19(17)10-18-3-5(20-10)2-16-4-13-6-7(11)14-9(12)15-8(6)16;10-8-12-6-5(7(15)13-8)11-3-14(6)1-4-2-19-9(21-4)20(16,17)18/h4-5,10H,2-3H2,1H3,(H2,12,14,15);3-4,9H,1-2H2,(H2,16,17,18)(H3,10,12,13,15)/q+1;/p-1. The van der Waals surface area contributed by atoms with Crippen molar-refractivity contribution in [2.75, 3.05) is 31.3 Å². The number of ether oxygens (including phenoxy) is 2. The van der Waals surface area contributed by atoms with Crippen LogP contribution in [0.4, 0.5) is 11.9 Å². The highest BCUT2D eigenvalue weighted by Crippen LogP contribution is 2.49. The third-order valence-electron chi connectivity index (χ3n) is 5.76. The number of aromatic nitrogens is 8. The molecule has 4 aromatic heterocycles. The van der Waals surface area contributed by atoms with Gasteiger partial charge >= 0.3 is 13.0 Å². The monoisotopic (exact) mass is 664 g/mol. The Bertz CT molecular complexity index is 1710. The van der Waals surface area contributed by atoms with Crippen molar-refractivity contribution in [1.82, 2.24) is 39.0 Å². The van der Waals surface area contributed by atoms with Gasteiger partial charge in [-0.3, -0.25) is 9.78 Å². The lowest BCUT2D eigenvalue weighted by Crippen LogP contribution is -2.16. The topological polar surface area (TPSA) is 255 Å². The molecule has 2 aliphatic rings. The lowest BCUT2D eigenvalue weighted by atomic mass is 10.4. The Morgan fingerprint density at radius 2 is 1.73 bits per heavy atom. The second kappa shape index (κ2) is 12.1. The molecule has 2 fully saturated rings. The molecule has 41 heavy (non-hydrogen) atoms. The number of thioether (sulfide) groups is 2. The smallest absolute Gasteiger partial charge is 0.378 e. The van der Waals surface area contributed by atoms with Gasteiger partial charge in [0.25, 0.3) is 5.56 Å². The summed E-state index contributed by atoms with van der Waals surface area (Å²) in [6, 6.07) is 0. The minimum atomic E-state index is -4.53. The van der Waals surface area contributed by atoms with E-state index in [0.29, 0.717) is 36.5 Å². The summed E-state index contributed by atoms with van der Waals surface area (Å²) in [5, 5.41) is -1.27. The van der Waals surface area contributed by atoms with Gasteiger partial charge in [0.05, 0.1) is 31.1 Å². The number of aromatic amines is 1. The van der Waals surface area contributed by atoms with E-state index in [9.17, 15) is 18.8 Å². The van der Waals surface area contributed by atoms with Gasteiger partial charge in [-0.1, -0.05) is 27.9 Å². The first kappa shape index (κ1) is 30.1. The molecule has 4 aromatic rings. The van der Waals surface area contributed by atoms with Gasteiger partial charge in [0.1, 0.15) is 12.2 Å². The van der Waals surface area contributed by atoms with Gasteiger partial charge in [-0.25, -0.2) is 9.97 Å². The molecule has 6 heterocycles. The quantitative estimate of drug-likeness (QED) is 0.162. The minimum Gasteiger partial charge on any atom is -0.776 e. The molecule has 0 saturated carbocycles. The molecule has 220 valence electrons. The first-order valence-electron chi connectivity index (χ1n) is 11.7. The maximum absolute atomic E-state index is 11.6. The molecule has 0 radical (unpaired) electrons. The summed E-state index contributed by atoms with van der Waals surface area (Å²) in [4.78, 5) is 54.2. The van der Waals surface area contributed by atoms with Crippen molar-refractivity contribution >= 4 is 84.7 Å². The van der Waals surface area contributed by atoms with Crippen LogP contribution in [-0.4, -0.2) is 84.7 Å². The number of nitrogen functional groups attached to an aromatic ring is 2. The van der Waals surface area contributed by atoms with E-state index in [2.05, 4.69) is 29.9 Å². The van der Waals surface area contributed by atoms with E-state index in [1.54, 1.807) is 29.3 Å². The number of nitrogens with one attached hydrogen (secondary N) is 1. The Hall–Kier alpha value is -2.34. The molecule has 6 unspecified atom stereocenters. The SMILES string of the molecule is C[P+](=O)C1OCC(Cn2cnc3c(Cl)nc(N)nc32)S1.Nc1nc2c(ncn2CC2COC(P(=O)([O-])O)S2)c(=O)[nH]1. The maximum atomic E-state index is 11.6. The second-order valence-corrected chi connectivity index (χ2v) is 15.8. The summed E-state index contributed by atoms with van der Waals surface area (Å²) in [6.07, 6.45) is 3.08. The third kappa shape index (κ3) is 6.84. The fourth-order valence-corrected chi connectivity index (χ4v) is 8.93. The molecule has 2 aliphatic heterocycles. The Morgan fingerprint density at radius 1 is 1.12 bits per heavy atom. The summed E-state index contributed by atoms with van der Waals surface area (Å²) in [7, 11) is -5.87. The van der Waals surface area contributed by atoms with E-state index >= 15 is 0 Å². The lowest BCUT2D eigenvalue weighted by Gasteiger charge is -2.21. The molecule has 22 heteroatoms. The molecule has 0 amide bonds. The Morgan fingerprint density at radius 3 is 2.34 bits per heavy atom. The van der Waals surface area contributed by atoms with Crippen LogP contribution in [0.5, 0.6) is 0 Å². The number of H-pyrrole nitrogens is 1. The van der Waals surface area contributed by atoms with Gasteiger partial charge in [0.2, 0.25) is 11.9 Å². The highest BCUT2D eigenvalue weighted by molar-refractivity contribution is 8.05. The third-order valence-corrected chi connectivity index (χ3v) is 11.9. The van der Waals surface area contributed by atoms with Crippen LogP contribution in [-0.2, 0) is 31.7 Å². The van der Waals surface area contributed by atoms with Crippen molar-refractivity contribution in [3.05, 3.63) is 28.2 Å². The average Bonchev–Trinajstić information content (AvgIpc) is 3.68. The molecule has 6 atom stereocenters. The van der Waals surface area contributed by atoms with E-state index in [4.69, 9.17) is 37.4 Å². The van der Waals surface area contributed by atoms with Crippen LogP contribution >= 0.6 is 50.5 Å². The van der Waals surface area contributed by atoms with Crippen LogP contribution in [0.3, 0.4) is 0 Å². The number of anilines is 2. The number of hydrogen-bond donors (Lipinski definition) is 4. The zero-order valence-electron chi connectivity index (χ0n) is 21.1.